The largest absolute Gasteiger partial charge is 0.319 e. The van der Waals surface area contributed by atoms with Gasteiger partial charge < -0.3 is 5.73 Å². The molecule has 0 aliphatic carbocycles. The number of rotatable bonds is 1. The van der Waals surface area contributed by atoms with Crippen LogP contribution in [0.4, 0.5) is 0 Å². The molecule has 6 heavy (non-hydrogen) atoms. The van der Waals surface area contributed by atoms with Crippen molar-refractivity contribution in [3.05, 3.63) is 0 Å². The van der Waals surface area contributed by atoms with Gasteiger partial charge in [0.15, 0.2) is 0 Å². The van der Waals surface area contributed by atoms with Crippen LogP contribution >= 0.6 is 22.6 Å². The van der Waals surface area contributed by atoms with Crippen LogP contribution in [0.15, 0.2) is 0 Å². The summed E-state index contributed by atoms with van der Waals surface area (Å²) in [6.45, 7) is 4.22. The lowest BCUT2D eigenvalue weighted by molar-refractivity contribution is 0.643. The molecule has 0 aromatic rings. The second-order valence-corrected chi connectivity index (χ2v) is 3.13. The molecule has 0 bridgehead atoms. The summed E-state index contributed by atoms with van der Waals surface area (Å²) in [5.41, 5.74) is 5.42. The molecule has 0 heterocycles. The number of nitrogens with two attached hydrogens (primary N) is 1. The summed E-state index contributed by atoms with van der Waals surface area (Å²) in [5.74, 6) is 0.616. The van der Waals surface area contributed by atoms with Crippen LogP contribution in [0.2, 0.25) is 0 Å². The van der Waals surface area contributed by atoms with Gasteiger partial charge in [0.05, 0.1) is 4.05 Å². The topological polar surface area (TPSA) is 26.0 Å². The number of halogens is 1. The Hall–Kier alpha value is 0.690. The van der Waals surface area contributed by atoms with E-state index in [9.17, 15) is 0 Å². The first-order valence-electron chi connectivity index (χ1n) is 2.04. The molecular formula is C4H10IN. The Bertz CT molecular complexity index is 28.5. The van der Waals surface area contributed by atoms with E-state index in [2.05, 4.69) is 36.4 Å². The summed E-state index contributed by atoms with van der Waals surface area (Å²) in [7, 11) is 0. The van der Waals surface area contributed by atoms with Gasteiger partial charge in [-0.05, 0) is 5.92 Å². The quantitative estimate of drug-likeness (QED) is 0.385. The zero-order valence-electron chi connectivity index (χ0n) is 4.11. The average molecular weight is 199 g/mol. The molecule has 0 spiro atoms. The fourth-order valence-corrected chi connectivity index (χ4v) is 0. The molecule has 0 saturated carbocycles. The molecule has 0 saturated heterocycles. The van der Waals surface area contributed by atoms with Crippen LogP contribution in [0.3, 0.4) is 0 Å². The summed E-state index contributed by atoms with van der Waals surface area (Å²) < 4.78 is 0.322. The molecule has 2 N–H and O–H groups in total. The molecule has 0 aliphatic heterocycles. The minimum absolute atomic E-state index is 0.322. The van der Waals surface area contributed by atoms with Crippen molar-refractivity contribution < 1.29 is 0 Å². The standard InChI is InChI=1S/C4H10IN/c1-3(2)4(5)6/h3-4H,6H2,1-2H3/t4-/m0/s1. The van der Waals surface area contributed by atoms with Gasteiger partial charge in [-0.1, -0.05) is 36.4 Å². The van der Waals surface area contributed by atoms with Gasteiger partial charge in [0.1, 0.15) is 0 Å². The van der Waals surface area contributed by atoms with E-state index < -0.39 is 0 Å². The van der Waals surface area contributed by atoms with E-state index in [4.69, 9.17) is 5.73 Å². The number of hydrogen-bond acceptors (Lipinski definition) is 1. The van der Waals surface area contributed by atoms with Crippen molar-refractivity contribution in [2.24, 2.45) is 11.7 Å². The van der Waals surface area contributed by atoms with Crippen LogP contribution in [0.25, 0.3) is 0 Å². The molecule has 38 valence electrons. The van der Waals surface area contributed by atoms with Crippen molar-refractivity contribution >= 4 is 22.6 Å². The van der Waals surface area contributed by atoms with Crippen LogP contribution < -0.4 is 5.73 Å². The van der Waals surface area contributed by atoms with Crippen LogP contribution in [-0.2, 0) is 0 Å². The molecule has 0 aromatic carbocycles. The lowest BCUT2D eigenvalue weighted by Gasteiger charge is -2.03. The fourth-order valence-electron chi connectivity index (χ4n) is 0. The van der Waals surface area contributed by atoms with E-state index in [-0.39, 0.29) is 0 Å². The average Bonchev–Trinajstić information content (AvgIpc) is 1.36. The highest BCUT2D eigenvalue weighted by atomic mass is 127. The molecule has 0 amide bonds. The molecule has 2 heteroatoms. The summed E-state index contributed by atoms with van der Waals surface area (Å²) in [6, 6.07) is 0. The molecule has 0 unspecified atom stereocenters. The molecule has 0 aromatic heterocycles. The Labute approximate surface area is 52.4 Å². The smallest absolute Gasteiger partial charge is 0.0591 e. The second kappa shape index (κ2) is 2.80. The maximum absolute atomic E-state index is 5.42. The van der Waals surface area contributed by atoms with Gasteiger partial charge in [-0.15, -0.1) is 0 Å². The molecule has 0 fully saturated rings. The van der Waals surface area contributed by atoms with Gasteiger partial charge in [-0.25, -0.2) is 0 Å². The van der Waals surface area contributed by atoms with Crippen molar-refractivity contribution in [1.29, 1.82) is 0 Å². The van der Waals surface area contributed by atoms with Crippen LogP contribution in [0.5, 0.6) is 0 Å². The predicted octanol–water partition coefficient (Wildman–Crippen LogP) is 1.36. The van der Waals surface area contributed by atoms with Gasteiger partial charge in [0.2, 0.25) is 0 Å². The summed E-state index contributed by atoms with van der Waals surface area (Å²) in [6.07, 6.45) is 0. The lowest BCUT2D eigenvalue weighted by Crippen LogP contribution is -2.17. The maximum Gasteiger partial charge on any atom is 0.0591 e. The van der Waals surface area contributed by atoms with Crippen molar-refractivity contribution in [2.45, 2.75) is 17.9 Å². The summed E-state index contributed by atoms with van der Waals surface area (Å²) in [5, 5.41) is 0. The van der Waals surface area contributed by atoms with Gasteiger partial charge >= 0.3 is 0 Å². The van der Waals surface area contributed by atoms with Crippen molar-refractivity contribution in [2.75, 3.05) is 0 Å². The van der Waals surface area contributed by atoms with Gasteiger partial charge in [0, 0.05) is 0 Å². The highest BCUT2D eigenvalue weighted by Gasteiger charge is 1.98. The molecule has 1 atom stereocenters. The van der Waals surface area contributed by atoms with Crippen LogP contribution in [-0.4, -0.2) is 4.05 Å². The van der Waals surface area contributed by atoms with E-state index in [0.29, 0.717) is 9.97 Å². The van der Waals surface area contributed by atoms with E-state index in [1.807, 2.05) is 0 Å². The summed E-state index contributed by atoms with van der Waals surface area (Å²) in [4.78, 5) is 0. The Morgan fingerprint density at radius 1 is 1.50 bits per heavy atom. The monoisotopic (exact) mass is 199 g/mol. The molecule has 0 aliphatic rings. The minimum Gasteiger partial charge on any atom is -0.319 e. The Morgan fingerprint density at radius 2 is 1.67 bits per heavy atom. The van der Waals surface area contributed by atoms with E-state index >= 15 is 0 Å². The Balaban J connectivity index is 2.99. The van der Waals surface area contributed by atoms with Crippen molar-refractivity contribution in [3.8, 4) is 0 Å². The van der Waals surface area contributed by atoms with Gasteiger partial charge in [-0.3, -0.25) is 0 Å². The first kappa shape index (κ1) is 6.69. The first-order valence-corrected chi connectivity index (χ1v) is 3.29. The third-order valence-corrected chi connectivity index (χ3v) is 2.08. The van der Waals surface area contributed by atoms with E-state index in [1.54, 1.807) is 0 Å². The Morgan fingerprint density at radius 3 is 1.67 bits per heavy atom. The van der Waals surface area contributed by atoms with Crippen molar-refractivity contribution in [3.63, 3.8) is 0 Å². The van der Waals surface area contributed by atoms with Gasteiger partial charge in [-0.2, -0.15) is 0 Å². The second-order valence-electron chi connectivity index (χ2n) is 1.69. The van der Waals surface area contributed by atoms with E-state index in [1.165, 1.54) is 0 Å². The third-order valence-electron chi connectivity index (χ3n) is 0.637. The molecule has 1 nitrogen and oxygen atoms in total. The normalized spacial score (nSPS) is 15.5. The molecule has 0 rings (SSSR count). The molecule has 0 radical (unpaired) electrons. The van der Waals surface area contributed by atoms with Crippen LogP contribution in [0.1, 0.15) is 13.8 Å². The fraction of sp³-hybridized carbons (Fsp3) is 1.00. The van der Waals surface area contributed by atoms with E-state index in [0.717, 1.165) is 0 Å². The predicted molar refractivity (Wildman–Crippen MR) is 36.8 cm³/mol. The van der Waals surface area contributed by atoms with Crippen LogP contribution in [0, 0.1) is 5.92 Å². The maximum atomic E-state index is 5.42. The zero-order chi connectivity index (χ0) is 5.15. The highest BCUT2D eigenvalue weighted by Crippen LogP contribution is 2.03. The zero-order valence-corrected chi connectivity index (χ0v) is 6.27. The lowest BCUT2D eigenvalue weighted by atomic mass is 10.2. The SMILES string of the molecule is CC(C)[C@H](N)I. The molecular weight excluding hydrogens is 189 g/mol. The Kier molecular flexibility index (Phi) is 3.12. The highest BCUT2D eigenvalue weighted by molar-refractivity contribution is 14.1. The van der Waals surface area contributed by atoms with Crippen molar-refractivity contribution in [1.82, 2.24) is 0 Å². The third kappa shape index (κ3) is 2.90. The van der Waals surface area contributed by atoms with Gasteiger partial charge in [0.25, 0.3) is 0 Å². The summed E-state index contributed by atoms with van der Waals surface area (Å²) >= 11 is 2.21. The number of hydrogen-bond donors (Lipinski definition) is 1. The first-order chi connectivity index (χ1) is 2.64. The minimum atomic E-state index is 0.322. The number of alkyl halides is 1.